The van der Waals surface area contributed by atoms with Gasteiger partial charge in [-0.1, -0.05) is 19.1 Å². The Kier molecular flexibility index (Phi) is 3.20. The second-order valence-electron chi connectivity index (χ2n) is 5.07. The smallest absolute Gasteiger partial charge is 0.0399 e. The number of nitrogens with zero attached hydrogens (tertiary/aromatic N) is 1. The number of anilines is 1. The molecule has 1 aromatic rings. The zero-order valence-electron chi connectivity index (χ0n) is 10.7. The molecule has 16 heavy (non-hydrogen) atoms. The first-order valence-electron chi connectivity index (χ1n) is 6.13. The first kappa shape index (κ1) is 11.5. The molecule has 2 nitrogen and oxygen atoms in total. The number of fused-ring (bicyclic) bond motifs is 1. The predicted octanol–water partition coefficient (Wildman–Crippen LogP) is 2.39. The maximum absolute atomic E-state index is 3.29. The van der Waals surface area contributed by atoms with Crippen LogP contribution in [0.1, 0.15) is 30.9 Å². The lowest BCUT2D eigenvalue weighted by atomic mass is 9.98. The van der Waals surface area contributed by atoms with Crippen molar-refractivity contribution in [3.63, 3.8) is 0 Å². The zero-order chi connectivity index (χ0) is 11.7. The van der Waals surface area contributed by atoms with Crippen LogP contribution >= 0.6 is 0 Å². The monoisotopic (exact) mass is 218 g/mol. The van der Waals surface area contributed by atoms with Crippen LogP contribution in [0.2, 0.25) is 0 Å². The molecule has 2 unspecified atom stereocenters. The van der Waals surface area contributed by atoms with Crippen LogP contribution in [0.5, 0.6) is 0 Å². The van der Waals surface area contributed by atoms with E-state index in [0.29, 0.717) is 12.0 Å². The lowest BCUT2D eigenvalue weighted by Crippen LogP contribution is -2.23. The van der Waals surface area contributed by atoms with E-state index >= 15 is 0 Å². The quantitative estimate of drug-likeness (QED) is 0.838. The lowest BCUT2D eigenvalue weighted by Gasteiger charge is -2.14. The van der Waals surface area contributed by atoms with E-state index in [1.807, 2.05) is 7.05 Å². The van der Waals surface area contributed by atoms with Gasteiger partial charge in [-0.15, -0.1) is 0 Å². The van der Waals surface area contributed by atoms with Gasteiger partial charge in [-0.05, 0) is 37.6 Å². The van der Waals surface area contributed by atoms with E-state index in [0.717, 1.165) is 13.0 Å². The minimum atomic E-state index is 0.549. The highest BCUT2D eigenvalue weighted by Gasteiger charge is 2.22. The molecular weight excluding hydrogens is 196 g/mol. The van der Waals surface area contributed by atoms with Crippen LogP contribution in [0.4, 0.5) is 5.69 Å². The minimum absolute atomic E-state index is 0.549. The highest BCUT2D eigenvalue weighted by atomic mass is 15.1. The molecule has 2 rings (SSSR count). The Labute approximate surface area is 98.7 Å². The number of benzene rings is 1. The van der Waals surface area contributed by atoms with Gasteiger partial charge < -0.3 is 10.2 Å². The van der Waals surface area contributed by atoms with Crippen molar-refractivity contribution in [2.75, 3.05) is 25.5 Å². The third-order valence-electron chi connectivity index (χ3n) is 3.62. The number of hydrogen-bond donors (Lipinski definition) is 1. The zero-order valence-corrected chi connectivity index (χ0v) is 10.7. The van der Waals surface area contributed by atoms with Gasteiger partial charge in [0, 0.05) is 31.2 Å². The Morgan fingerprint density at radius 3 is 2.94 bits per heavy atom. The first-order chi connectivity index (χ1) is 7.61. The summed E-state index contributed by atoms with van der Waals surface area (Å²) in [5.41, 5.74) is 4.37. The van der Waals surface area contributed by atoms with Crippen molar-refractivity contribution in [2.24, 2.45) is 0 Å². The maximum Gasteiger partial charge on any atom is 0.0399 e. The highest BCUT2D eigenvalue weighted by Crippen LogP contribution is 2.35. The molecular formula is C14H22N2. The fourth-order valence-electron chi connectivity index (χ4n) is 2.54. The Bertz CT molecular complexity index is 373. The predicted molar refractivity (Wildman–Crippen MR) is 70.4 cm³/mol. The minimum Gasteiger partial charge on any atom is -0.374 e. The molecule has 0 radical (unpaired) electrons. The Balaban J connectivity index is 2.23. The van der Waals surface area contributed by atoms with Crippen LogP contribution in [0.3, 0.4) is 0 Å². The summed E-state index contributed by atoms with van der Waals surface area (Å²) in [5.74, 6) is 0.671. The number of rotatable bonds is 3. The molecule has 0 amide bonds. The maximum atomic E-state index is 3.29. The van der Waals surface area contributed by atoms with Crippen molar-refractivity contribution in [1.82, 2.24) is 5.32 Å². The molecule has 1 aromatic carbocycles. The molecule has 0 saturated carbocycles. The fraction of sp³-hybridized carbons (Fsp3) is 0.571. The van der Waals surface area contributed by atoms with E-state index < -0.39 is 0 Å². The molecule has 1 N–H and O–H groups in total. The molecule has 2 atom stereocenters. The summed E-state index contributed by atoms with van der Waals surface area (Å²) in [5, 5.41) is 3.29. The molecule has 0 aliphatic carbocycles. The largest absolute Gasteiger partial charge is 0.374 e. The second-order valence-corrected chi connectivity index (χ2v) is 5.07. The molecule has 0 saturated heterocycles. The van der Waals surface area contributed by atoms with E-state index in [1.54, 1.807) is 0 Å². The average Bonchev–Trinajstić information content (AvgIpc) is 2.54. The third kappa shape index (κ3) is 2.07. The molecule has 0 aromatic heterocycles. The lowest BCUT2D eigenvalue weighted by molar-refractivity contribution is 0.608. The number of likely N-dealkylation sites (N-methyl/N-ethyl adjacent to an activating group) is 2. The fourth-order valence-corrected chi connectivity index (χ4v) is 2.54. The van der Waals surface area contributed by atoms with Crippen molar-refractivity contribution < 1.29 is 0 Å². The van der Waals surface area contributed by atoms with Crippen LogP contribution in [0.25, 0.3) is 0 Å². The van der Waals surface area contributed by atoms with Gasteiger partial charge in [-0.3, -0.25) is 0 Å². The summed E-state index contributed by atoms with van der Waals surface area (Å²) in [6, 6.07) is 7.47. The van der Waals surface area contributed by atoms with Gasteiger partial charge in [0.1, 0.15) is 0 Å². The van der Waals surface area contributed by atoms with Crippen molar-refractivity contribution in [1.29, 1.82) is 0 Å². The number of nitrogens with one attached hydrogen (secondary N) is 1. The first-order valence-corrected chi connectivity index (χ1v) is 6.13. The van der Waals surface area contributed by atoms with E-state index in [9.17, 15) is 0 Å². The average molecular weight is 218 g/mol. The van der Waals surface area contributed by atoms with Crippen LogP contribution in [-0.4, -0.2) is 26.7 Å². The van der Waals surface area contributed by atoms with Crippen molar-refractivity contribution in [3.8, 4) is 0 Å². The van der Waals surface area contributed by atoms with Gasteiger partial charge in [0.25, 0.3) is 0 Å². The van der Waals surface area contributed by atoms with Crippen molar-refractivity contribution in [2.45, 2.75) is 32.2 Å². The second kappa shape index (κ2) is 4.46. The van der Waals surface area contributed by atoms with E-state index in [-0.39, 0.29) is 0 Å². The van der Waals surface area contributed by atoms with Crippen molar-refractivity contribution in [3.05, 3.63) is 29.3 Å². The standard InChI is InChI=1S/C14H22N2/c1-10-9-16(4)14-6-5-12(8-13(10)14)7-11(2)15-3/h5-6,8,10-11,15H,7,9H2,1-4H3. The van der Waals surface area contributed by atoms with Gasteiger partial charge in [0.15, 0.2) is 0 Å². The molecule has 0 spiro atoms. The SMILES string of the molecule is CNC(C)Cc1ccc2c(c1)C(C)CN2C. The summed E-state index contributed by atoms with van der Waals surface area (Å²) in [6.45, 7) is 5.69. The van der Waals surface area contributed by atoms with Gasteiger partial charge in [0.2, 0.25) is 0 Å². The van der Waals surface area contributed by atoms with Gasteiger partial charge >= 0.3 is 0 Å². The molecule has 1 aliphatic rings. The topological polar surface area (TPSA) is 15.3 Å². The number of hydrogen-bond acceptors (Lipinski definition) is 2. The van der Waals surface area contributed by atoms with E-state index in [1.165, 1.54) is 16.8 Å². The Hall–Kier alpha value is -1.02. The Morgan fingerprint density at radius 2 is 2.25 bits per heavy atom. The van der Waals surface area contributed by atoms with Crippen molar-refractivity contribution >= 4 is 5.69 Å². The van der Waals surface area contributed by atoms with Crippen LogP contribution in [0.15, 0.2) is 18.2 Å². The molecule has 1 heterocycles. The summed E-state index contributed by atoms with van der Waals surface area (Å²) < 4.78 is 0. The van der Waals surface area contributed by atoms with Crippen LogP contribution in [0, 0.1) is 0 Å². The molecule has 0 fully saturated rings. The summed E-state index contributed by atoms with van der Waals surface area (Å²) in [6.07, 6.45) is 1.11. The Morgan fingerprint density at radius 1 is 1.50 bits per heavy atom. The molecule has 1 aliphatic heterocycles. The molecule has 0 bridgehead atoms. The van der Waals surface area contributed by atoms with Gasteiger partial charge in [-0.2, -0.15) is 0 Å². The normalized spacial score (nSPS) is 21.0. The third-order valence-corrected chi connectivity index (χ3v) is 3.62. The molecule has 88 valence electrons. The van der Waals surface area contributed by atoms with Crippen LogP contribution < -0.4 is 10.2 Å². The van der Waals surface area contributed by atoms with Gasteiger partial charge in [-0.25, -0.2) is 0 Å². The van der Waals surface area contributed by atoms with Crippen LogP contribution in [-0.2, 0) is 6.42 Å². The summed E-state index contributed by atoms with van der Waals surface area (Å²) >= 11 is 0. The summed E-state index contributed by atoms with van der Waals surface area (Å²) in [7, 11) is 4.20. The summed E-state index contributed by atoms with van der Waals surface area (Å²) in [4.78, 5) is 2.35. The van der Waals surface area contributed by atoms with Gasteiger partial charge in [0.05, 0.1) is 0 Å². The molecule has 2 heteroatoms. The van der Waals surface area contributed by atoms with E-state index in [2.05, 4.69) is 49.3 Å². The highest BCUT2D eigenvalue weighted by molar-refractivity contribution is 5.60. The van der Waals surface area contributed by atoms with E-state index in [4.69, 9.17) is 0 Å².